The fourth-order valence-corrected chi connectivity index (χ4v) is 2.70. The van der Waals surface area contributed by atoms with Gasteiger partial charge in [-0.1, -0.05) is 30.3 Å². The molecule has 22 heavy (non-hydrogen) atoms. The van der Waals surface area contributed by atoms with Crippen molar-refractivity contribution < 1.29 is 14.7 Å². The number of ether oxygens (including phenoxy) is 1. The molecular formula is C17H18N2O3. The van der Waals surface area contributed by atoms with Crippen LogP contribution < -0.4 is 10.5 Å². The molecule has 0 heterocycles. The van der Waals surface area contributed by atoms with Gasteiger partial charge in [-0.2, -0.15) is 0 Å². The first-order valence-electron chi connectivity index (χ1n) is 7.24. The van der Waals surface area contributed by atoms with Gasteiger partial charge in [0.1, 0.15) is 11.5 Å². The molecule has 1 saturated carbocycles. The molecule has 5 heteroatoms. The average Bonchev–Trinajstić information content (AvgIpc) is 2.47. The number of benzene rings is 2. The van der Waals surface area contributed by atoms with Gasteiger partial charge in [0.05, 0.1) is 6.04 Å². The Balaban J connectivity index is 1.65. The van der Waals surface area contributed by atoms with Gasteiger partial charge in [0.2, 0.25) is 0 Å². The van der Waals surface area contributed by atoms with Crippen molar-refractivity contribution in [3.63, 3.8) is 0 Å². The highest BCUT2D eigenvalue weighted by molar-refractivity contribution is 5.71. The number of primary amides is 1. The summed E-state index contributed by atoms with van der Waals surface area (Å²) in [6.45, 7) is 0. The van der Waals surface area contributed by atoms with E-state index in [1.54, 1.807) is 0 Å². The summed E-state index contributed by atoms with van der Waals surface area (Å²) in [7, 11) is 0. The van der Waals surface area contributed by atoms with Gasteiger partial charge >= 0.3 is 6.03 Å². The van der Waals surface area contributed by atoms with Crippen LogP contribution in [-0.2, 0) is 0 Å². The summed E-state index contributed by atoms with van der Waals surface area (Å²) in [4.78, 5) is 10.9. The van der Waals surface area contributed by atoms with E-state index in [0.717, 1.165) is 17.1 Å². The predicted octanol–water partition coefficient (Wildman–Crippen LogP) is 3.49. The highest BCUT2D eigenvalue weighted by Gasteiger charge is 2.36. The molecule has 0 saturated heterocycles. The normalized spacial score (nSPS) is 20.0. The van der Waals surface area contributed by atoms with Crippen LogP contribution in [0.1, 0.15) is 24.3 Å². The first kappa shape index (κ1) is 14.4. The molecule has 0 unspecified atom stereocenters. The summed E-state index contributed by atoms with van der Waals surface area (Å²) in [5, 5.41) is 10.1. The first-order valence-corrected chi connectivity index (χ1v) is 7.24. The predicted molar refractivity (Wildman–Crippen MR) is 81.9 cm³/mol. The molecule has 2 aromatic rings. The lowest BCUT2D eigenvalue weighted by atomic mass is 9.75. The lowest BCUT2D eigenvalue weighted by Gasteiger charge is -2.39. The molecule has 0 radical (unpaired) electrons. The van der Waals surface area contributed by atoms with Gasteiger partial charge < -0.3 is 10.5 Å². The molecular weight excluding hydrogens is 280 g/mol. The maximum atomic E-state index is 10.9. The van der Waals surface area contributed by atoms with Crippen molar-refractivity contribution in [1.82, 2.24) is 5.06 Å². The van der Waals surface area contributed by atoms with E-state index >= 15 is 0 Å². The number of rotatable bonds is 4. The highest BCUT2D eigenvalue weighted by atomic mass is 16.5. The van der Waals surface area contributed by atoms with Crippen molar-refractivity contribution in [2.24, 2.45) is 5.73 Å². The van der Waals surface area contributed by atoms with Crippen molar-refractivity contribution in [1.29, 1.82) is 0 Å². The van der Waals surface area contributed by atoms with Crippen LogP contribution in [0.15, 0.2) is 54.6 Å². The summed E-state index contributed by atoms with van der Waals surface area (Å²) in [6.07, 6.45) is 1.41. The van der Waals surface area contributed by atoms with E-state index in [9.17, 15) is 10.0 Å². The van der Waals surface area contributed by atoms with Crippen LogP contribution >= 0.6 is 0 Å². The van der Waals surface area contributed by atoms with Crippen LogP contribution in [0.4, 0.5) is 4.79 Å². The number of carbonyl (C=O) groups is 1. The lowest BCUT2D eigenvalue weighted by Crippen LogP contribution is -2.47. The minimum Gasteiger partial charge on any atom is -0.457 e. The molecule has 5 nitrogen and oxygen atoms in total. The molecule has 114 valence electrons. The quantitative estimate of drug-likeness (QED) is 0.670. The zero-order valence-corrected chi connectivity index (χ0v) is 12.1. The molecule has 0 aromatic heterocycles. The number of para-hydroxylation sites is 1. The van der Waals surface area contributed by atoms with Crippen molar-refractivity contribution >= 4 is 6.03 Å². The smallest absolute Gasteiger partial charge is 0.338 e. The van der Waals surface area contributed by atoms with Crippen LogP contribution in [0.5, 0.6) is 11.5 Å². The Hall–Kier alpha value is -2.53. The van der Waals surface area contributed by atoms with Gasteiger partial charge in [-0.3, -0.25) is 5.21 Å². The molecule has 3 N–H and O–H groups in total. The van der Waals surface area contributed by atoms with E-state index in [0.29, 0.717) is 23.8 Å². The number of hydroxylamine groups is 2. The van der Waals surface area contributed by atoms with Crippen LogP contribution in [-0.4, -0.2) is 22.3 Å². The van der Waals surface area contributed by atoms with E-state index < -0.39 is 6.03 Å². The molecule has 2 amide bonds. The van der Waals surface area contributed by atoms with E-state index in [1.807, 2.05) is 54.6 Å². The number of urea groups is 1. The number of nitrogens with zero attached hydrogens (tertiary/aromatic N) is 1. The van der Waals surface area contributed by atoms with Gasteiger partial charge in [-0.25, -0.2) is 9.86 Å². The molecule has 1 aliphatic carbocycles. The minimum atomic E-state index is -0.801. The van der Waals surface area contributed by atoms with Gasteiger partial charge in [0, 0.05) is 0 Å². The minimum absolute atomic E-state index is 0.193. The molecule has 3 rings (SSSR count). The summed E-state index contributed by atoms with van der Waals surface area (Å²) in [5.41, 5.74) is 6.20. The summed E-state index contributed by atoms with van der Waals surface area (Å²) in [5.74, 6) is 1.88. The Bertz CT molecular complexity index is 654. The van der Waals surface area contributed by atoms with Crippen molar-refractivity contribution in [3.05, 3.63) is 60.2 Å². The Morgan fingerprint density at radius 2 is 1.77 bits per heavy atom. The van der Waals surface area contributed by atoms with Crippen LogP contribution in [0.2, 0.25) is 0 Å². The number of hydrogen-bond acceptors (Lipinski definition) is 3. The summed E-state index contributed by atoms with van der Waals surface area (Å²) < 4.78 is 5.82. The van der Waals surface area contributed by atoms with Gasteiger partial charge in [0.25, 0.3) is 0 Å². The highest BCUT2D eigenvalue weighted by Crippen LogP contribution is 2.40. The molecule has 1 aliphatic rings. The number of amides is 2. The van der Waals surface area contributed by atoms with E-state index in [2.05, 4.69) is 0 Å². The number of carbonyl (C=O) groups excluding carboxylic acids is 1. The van der Waals surface area contributed by atoms with Crippen LogP contribution in [0.25, 0.3) is 0 Å². The molecule has 0 aliphatic heterocycles. The molecule has 0 bridgehead atoms. The van der Waals surface area contributed by atoms with E-state index in [1.165, 1.54) is 0 Å². The zero-order chi connectivity index (χ0) is 15.5. The Morgan fingerprint density at radius 3 is 2.45 bits per heavy atom. The number of nitrogens with two attached hydrogens (primary N) is 1. The van der Waals surface area contributed by atoms with Crippen molar-refractivity contribution in [2.75, 3.05) is 0 Å². The van der Waals surface area contributed by atoms with Gasteiger partial charge in [0.15, 0.2) is 0 Å². The van der Waals surface area contributed by atoms with Gasteiger partial charge in [-0.15, -0.1) is 0 Å². The average molecular weight is 298 g/mol. The second kappa shape index (κ2) is 6.07. The molecule has 1 fully saturated rings. The van der Waals surface area contributed by atoms with Crippen LogP contribution in [0.3, 0.4) is 0 Å². The lowest BCUT2D eigenvalue weighted by molar-refractivity contribution is -0.102. The van der Waals surface area contributed by atoms with Crippen molar-refractivity contribution in [3.8, 4) is 11.5 Å². The second-order valence-corrected chi connectivity index (χ2v) is 5.49. The fraction of sp³-hybridized carbons (Fsp3) is 0.235. The first-order chi connectivity index (χ1) is 10.6. The topological polar surface area (TPSA) is 75.8 Å². The third kappa shape index (κ3) is 3.04. The van der Waals surface area contributed by atoms with E-state index in [-0.39, 0.29) is 6.04 Å². The monoisotopic (exact) mass is 298 g/mol. The fourth-order valence-electron chi connectivity index (χ4n) is 2.70. The van der Waals surface area contributed by atoms with E-state index in [4.69, 9.17) is 10.5 Å². The summed E-state index contributed by atoms with van der Waals surface area (Å²) in [6, 6.07) is 16.5. The maximum absolute atomic E-state index is 10.9. The van der Waals surface area contributed by atoms with Gasteiger partial charge in [-0.05, 0) is 48.6 Å². The van der Waals surface area contributed by atoms with Crippen molar-refractivity contribution in [2.45, 2.75) is 24.8 Å². The second-order valence-electron chi connectivity index (χ2n) is 5.49. The molecule has 0 atom stereocenters. The largest absolute Gasteiger partial charge is 0.457 e. The zero-order valence-electron chi connectivity index (χ0n) is 12.1. The summed E-state index contributed by atoms with van der Waals surface area (Å²) >= 11 is 0. The standard InChI is InChI=1S/C17H18N2O3/c18-17(20)19(21)14-9-13(10-14)12-5-4-8-16(11-12)22-15-6-2-1-3-7-15/h1-8,11,13-14,21H,9-10H2,(H2,18,20). The Kier molecular flexibility index (Phi) is 3.98. The molecule has 0 spiro atoms. The Morgan fingerprint density at radius 1 is 1.09 bits per heavy atom. The SMILES string of the molecule is NC(=O)N(O)C1CC(c2cccc(Oc3ccccc3)c2)C1. The number of hydrogen-bond donors (Lipinski definition) is 2. The van der Waals surface area contributed by atoms with Crippen LogP contribution in [0, 0.1) is 0 Å². The third-order valence-corrected chi connectivity index (χ3v) is 3.99. The third-order valence-electron chi connectivity index (χ3n) is 3.99. The Labute approximate surface area is 128 Å². The maximum Gasteiger partial charge on any atom is 0.338 e. The molecule has 2 aromatic carbocycles.